The highest BCUT2D eigenvalue weighted by Crippen LogP contribution is 2.03. The standard InChI is InChI=1S/C6H11N3O2S/c1-3-9-5-4-6(8-9)12(10,11)7-2/h4-5,7H,3H2,1-2H3. The van der Waals surface area contributed by atoms with Gasteiger partial charge >= 0.3 is 0 Å². The van der Waals surface area contributed by atoms with Crippen molar-refractivity contribution in [2.75, 3.05) is 7.05 Å². The first-order valence-electron chi connectivity index (χ1n) is 3.57. The van der Waals surface area contributed by atoms with Gasteiger partial charge in [0, 0.05) is 12.7 Å². The second-order valence-electron chi connectivity index (χ2n) is 2.22. The number of nitrogens with one attached hydrogen (secondary N) is 1. The summed E-state index contributed by atoms with van der Waals surface area (Å²) >= 11 is 0. The van der Waals surface area contributed by atoms with Crippen molar-refractivity contribution in [1.82, 2.24) is 14.5 Å². The Hall–Kier alpha value is -0.880. The highest BCUT2D eigenvalue weighted by molar-refractivity contribution is 7.89. The molecule has 0 amide bonds. The van der Waals surface area contributed by atoms with Crippen LogP contribution in [0.15, 0.2) is 17.3 Å². The Morgan fingerprint density at radius 2 is 2.33 bits per heavy atom. The highest BCUT2D eigenvalue weighted by Gasteiger charge is 2.13. The van der Waals surface area contributed by atoms with Gasteiger partial charge in [0.25, 0.3) is 10.0 Å². The molecule has 1 aromatic rings. The van der Waals surface area contributed by atoms with Gasteiger partial charge in [0.15, 0.2) is 5.03 Å². The molecule has 12 heavy (non-hydrogen) atoms. The van der Waals surface area contributed by atoms with E-state index in [1.807, 2.05) is 6.92 Å². The molecule has 0 aliphatic heterocycles. The summed E-state index contributed by atoms with van der Waals surface area (Å²) in [6.45, 7) is 2.56. The Bertz CT molecular complexity index is 355. The summed E-state index contributed by atoms with van der Waals surface area (Å²) in [5.74, 6) is 0. The van der Waals surface area contributed by atoms with E-state index in [0.717, 1.165) is 0 Å². The number of nitrogens with zero attached hydrogens (tertiary/aromatic N) is 2. The molecular weight excluding hydrogens is 178 g/mol. The highest BCUT2D eigenvalue weighted by atomic mass is 32.2. The van der Waals surface area contributed by atoms with Gasteiger partial charge in [-0.25, -0.2) is 13.1 Å². The number of sulfonamides is 1. The van der Waals surface area contributed by atoms with E-state index in [4.69, 9.17) is 0 Å². The maximum Gasteiger partial charge on any atom is 0.259 e. The van der Waals surface area contributed by atoms with Gasteiger partial charge in [0.2, 0.25) is 0 Å². The van der Waals surface area contributed by atoms with Gasteiger partial charge in [-0.15, -0.1) is 0 Å². The van der Waals surface area contributed by atoms with E-state index >= 15 is 0 Å². The molecule has 0 saturated heterocycles. The first kappa shape index (κ1) is 9.21. The predicted molar refractivity (Wildman–Crippen MR) is 44.1 cm³/mol. The van der Waals surface area contributed by atoms with E-state index in [1.165, 1.54) is 13.1 Å². The average Bonchev–Trinajstić information content (AvgIpc) is 2.52. The molecule has 0 saturated carbocycles. The molecule has 5 nitrogen and oxygen atoms in total. The smallest absolute Gasteiger partial charge is 0.259 e. The first-order valence-corrected chi connectivity index (χ1v) is 5.05. The third-order valence-corrected chi connectivity index (χ3v) is 2.79. The van der Waals surface area contributed by atoms with Gasteiger partial charge in [-0.2, -0.15) is 5.10 Å². The SMILES string of the molecule is CCn1ccc(S(=O)(=O)NC)n1. The van der Waals surface area contributed by atoms with Crippen LogP contribution < -0.4 is 4.72 Å². The lowest BCUT2D eigenvalue weighted by molar-refractivity contribution is 0.574. The normalized spacial score (nSPS) is 11.8. The van der Waals surface area contributed by atoms with Crippen LogP contribution in [0.3, 0.4) is 0 Å². The van der Waals surface area contributed by atoms with Crippen LogP contribution in [0, 0.1) is 0 Å². The molecule has 0 spiro atoms. The van der Waals surface area contributed by atoms with Crippen LogP contribution in [-0.2, 0) is 16.6 Å². The summed E-state index contributed by atoms with van der Waals surface area (Å²) in [6.07, 6.45) is 1.63. The molecule has 0 aliphatic carbocycles. The van der Waals surface area contributed by atoms with Crippen molar-refractivity contribution in [1.29, 1.82) is 0 Å². The lowest BCUT2D eigenvalue weighted by atomic mass is 10.7. The topological polar surface area (TPSA) is 64.0 Å². The van der Waals surface area contributed by atoms with Crippen molar-refractivity contribution in [3.8, 4) is 0 Å². The van der Waals surface area contributed by atoms with Crippen LogP contribution in [0.2, 0.25) is 0 Å². The van der Waals surface area contributed by atoms with Crippen molar-refractivity contribution in [3.05, 3.63) is 12.3 Å². The van der Waals surface area contributed by atoms with Crippen molar-refractivity contribution in [2.24, 2.45) is 0 Å². The van der Waals surface area contributed by atoms with Crippen molar-refractivity contribution >= 4 is 10.0 Å². The first-order chi connectivity index (χ1) is 5.60. The predicted octanol–water partition coefficient (Wildman–Crippen LogP) is -0.189. The minimum absolute atomic E-state index is 0.0619. The summed E-state index contributed by atoms with van der Waals surface area (Å²) in [7, 11) is -2.01. The summed E-state index contributed by atoms with van der Waals surface area (Å²) < 4.78 is 26.0. The Morgan fingerprint density at radius 3 is 2.75 bits per heavy atom. The monoisotopic (exact) mass is 189 g/mol. The lowest BCUT2D eigenvalue weighted by Gasteiger charge is -1.96. The zero-order valence-corrected chi connectivity index (χ0v) is 7.80. The van der Waals surface area contributed by atoms with E-state index in [0.29, 0.717) is 6.54 Å². The van der Waals surface area contributed by atoms with E-state index < -0.39 is 10.0 Å². The molecule has 0 fully saturated rings. The number of hydrogen-bond donors (Lipinski definition) is 1. The molecule has 6 heteroatoms. The van der Waals surface area contributed by atoms with Crippen LogP contribution in [0.5, 0.6) is 0 Å². The lowest BCUT2D eigenvalue weighted by Crippen LogP contribution is -2.19. The molecule has 1 N–H and O–H groups in total. The molecule has 0 radical (unpaired) electrons. The molecule has 0 atom stereocenters. The Morgan fingerprint density at radius 1 is 1.67 bits per heavy atom. The average molecular weight is 189 g/mol. The van der Waals surface area contributed by atoms with Gasteiger partial charge in [0.1, 0.15) is 0 Å². The fourth-order valence-corrected chi connectivity index (χ4v) is 1.43. The van der Waals surface area contributed by atoms with Crippen LogP contribution in [0.4, 0.5) is 0 Å². The maximum absolute atomic E-state index is 11.1. The van der Waals surface area contributed by atoms with Crippen LogP contribution in [0.25, 0.3) is 0 Å². The molecule has 1 aromatic heterocycles. The molecule has 0 bridgehead atoms. The van der Waals surface area contributed by atoms with E-state index in [2.05, 4.69) is 9.82 Å². The van der Waals surface area contributed by atoms with E-state index in [-0.39, 0.29) is 5.03 Å². The molecule has 0 unspecified atom stereocenters. The van der Waals surface area contributed by atoms with Gasteiger partial charge in [-0.3, -0.25) is 4.68 Å². The van der Waals surface area contributed by atoms with Gasteiger partial charge < -0.3 is 0 Å². The zero-order chi connectivity index (χ0) is 9.19. The summed E-state index contributed by atoms with van der Waals surface area (Å²) in [6, 6.07) is 1.47. The number of aryl methyl sites for hydroxylation is 1. The van der Waals surface area contributed by atoms with Crippen molar-refractivity contribution in [3.63, 3.8) is 0 Å². The summed E-state index contributed by atoms with van der Waals surface area (Å²) in [5.41, 5.74) is 0. The molecule has 0 aromatic carbocycles. The minimum atomic E-state index is -3.37. The Balaban J connectivity index is 3.05. The maximum atomic E-state index is 11.1. The number of aromatic nitrogens is 2. The molecular formula is C6H11N3O2S. The van der Waals surface area contributed by atoms with Crippen LogP contribution >= 0.6 is 0 Å². The van der Waals surface area contributed by atoms with Crippen molar-refractivity contribution in [2.45, 2.75) is 18.5 Å². The summed E-state index contributed by atoms with van der Waals surface area (Å²) in [4.78, 5) is 0. The fraction of sp³-hybridized carbons (Fsp3) is 0.500. The molecule has 1 heterocycles. The van der Waals surface area contributed by atoms with Crippen molar-refractivity contribution < 1.29 is 8.42 Å². The molecule has 68 valence electrons. The van der Waals surface area contributed by atoms with E-state index in [1.54, 1.807) is 10.9 Å². The molecule has 1 rings (SSSR count). The Kier molecular flexibility index (Phi) is 2.49. The fourth-order valence-electron chi connectivity index (χ4n) is 0.767. The Labute approximate surface area is 71.4 Å². The summed E-state index contributed by atoms with van der Waals surface area (Å²) in [5, 5.41) is 3.90. The second kappa shape index (κ2) is 3.24. The van der Waals surface area contributed by atoms with E-state index in [9.17, 15) is 8.42 Å². The third kappa shape index (κ3) is 1.64. The van der Waals surface area contributed by atoms with Crippen LogP contribution in [-0.4, -0.2) is 25.2 Å². The number of rotatable bonds is 3. The number of hydrogen-bond acceptors (Lipinski definition) is 3. The van der Waals surface area contributed by atoms with Crippen LogP contribution in [0.1, 0.15) is 6.92 Å². The second-order valence-corrected chi connectivity index (χ2v) is 4.05. The quantitative estimate of drug-likeness (QED) is 0.717. The van der Waals surface area contributed by atoms with Gasteiger partial charge in [-0.05, 0) is 20.0 Å². The van der Waals surface area contributed by atoms with Gasteiger partial charge in [-0.1, -0.05) is 0 Å². The largest absolute Gasteiger partial charge is 0.272 e. The zero-order valence-electron chi connectivity index (χ0n) is 6.98. The minimum Gasteiger partial charge on any atom is -0.272 e. The molecule has 0 aliphatic rings. The third-order valence-electron chi connectivity index (χ3n) is 1.48. The van der Waals surface area contributed by atoms with Gasteiger partial charge in [0.05, 0.1) is 0 Å².